The Hall–Kier alpha value is -0.990. The predicted molar refractivity (Wildman–Crippen MR) is 83.1 cm³/mol. The van der Waals surface area contributed by atoms with Gasteiger partial charge in [0.15, 0.2) is 6.29 Å². The smallest absolute Gasteiger partial charge is 0.220 e. The minimum atomic E-state index is -1.37. The summed E-state index contributed by atoms with van der Waals surface area (Å²) in [6.45, 7) is 1.56. The van der Waals surface area contributed by atoms with E-state index < -0.39 is 30.6 Å². The lowest BCUT2D eigenvalue weighted by atomic mass is 9.95. The molecule has 1 amide bonds. The Bertz CT molecular complexity index is 500. The van der Waals surface area contributed by atoms with Crippen molar-refractivity contribution in [3.05, 3.63) is 35.9 Å². The van der Waals surface area contributed by atoms with Gasteiger partial charge in [-0.05, 0) is 5.56 Å². The van der Waals surface area contributed by atoms with Crippen LogP contribution in [0.2, 0.25) is 0 Å². The molecule has 0 bridgehead atoms. The maximum Gasteiger partial charge on any atom is 0.220 e. The first-order valence-electron chi connectivity index (χ1n) is 7.02. The van der Waals surface area contributed by atoms with Crippen molar-refractivity contribution in [3.8, 4) is 0 Å². The summed E-state index contributed by atoms with van der Waals surface area (Å²) in [6.07, 6.45) is -4.58. The summed E-state index contributed by atoms with van der Waals surface area (Å²) < 4.78 is 5.30. The van der Waals surface area contributed by atoms with Crippen molar-refractivity contribution < 1.29 is 24.9 Å². The Labute approximate surface area is 137 Å². The van der Waals surface area contributed by atoms with E-state index >= 15 is 0 Å². The molecule has 1 fully saturated rings. The molecule has 6 nitrogen and oxygen atoms in total. The molecule has 0 aromatic heterocycles. The molecule has 1 aromatic carbocycles. The average Bonchev–Trinajstić information content (AvgIpc) is 2.50. The first kappa shape index (κ1) is 17.4. The van der Waals surface area contributed by atoms with Gasteiger partial charge in [-0.3, -0.25) is 4.79 Å². The second-order valence-corrected chi connectivity index (χ2v) is 5.97. The number of alkyl halides is 1. The number of carbonyl (C=O) groups is 1. The molecule has 1 saturated heterocycles. The molecule has 0 aliphatic carbocycles. The van der Waals surface area contributed by atoms with Crippen LogP contribution in [0.3, 0.4) is 0 Å². The topological polar surface area (TPSA) is 90.2 Å². The summed E-state index contributed by atoms with van der Waals surface area (Å²) in [7, 11) is 0. The molecular weight excluding hydrogens is 354 g/mol. The molecular formula is C15H20BrNO5. The number of nitrogens with zero attached hydrogens (tertiary/aromatic N) is 1. The third-order valence-corrected chi connectivity index (χ3v) is 4.44. The standard InChI is InChI=1S/C15H20BrNO5/c1-9(18)17(8-10-5-3-2-4-6-10)12-14(20)13(19)11(7-16)22-15(12)21/h2-6,11-15,19-21H,7-8H2,1H3/t11-,12-,13-,14-,15+/m1/s1. The molecule has 1 aromatic rings. The third-order valence-electron chi connectivity index (χ3n) is 3.80. The van der Waals surface area contributed by atoms with Gasteiger partial charge in [0.25, 0.3) is 0 Å². The molecule has 7 heteroatoms. The monoisotopic (exact) mass is 373 g/mol. The van der Waals surface area contributed by atoms with Gasteiger partial charge in [0, 0.05) is 18.8 Å². The number of benzene rings is 1. The molecule has 122 valence electrons. The van der Waals surface area contributed by atoms with Crippen LogP contribution in [0, 0.1) is 0 Å². The van der Waals surface area contributed by atoms with Crippen LogP contribution in [0.5, 0.6) is 0 Å². The second-order valence-electron chi connectivity index (χ2n) is 5.32. The number of amides is 1. The molecule has 22 heavy (non-hydrogen) atoms. The van der Waals surface area contributed by atoms with Crippen LogP contribution < -0.4 is 0 Å². The average molecular weight is 374 g/mol. The van der Waals surface area contributed by atoms with Crippen molar-refractivity contribution in [1.29, 1.82) is 0 Å². The Morgan fingerprint density at radius 1 is 1.23 bits per heavy atom. The van der Waals surface area contributed by atoms with Gasteiger partial charge < -0.3 is 25.0 Å². The van der Waals surface area contributed by atoms with E-state index in [4.69, 9.17) is 4.74 Å². The van der Waals surface area contributed by atoms with E-state index in [0.29, 0.717) is 0 Å². The van der Waals surface area contributed by atoms with Crippen molar-refractivity contribution in [3.63, 3.8) is 0 Å². The summed E-state index contributed by atoms with van der Waals surface area (Å²) >= 11 is 3.16. The highest BCUT2D eigenvalue weighted by Crippen LogP contribution is 2.26. The first-order valence-corrected chi connectivity index (χ1v) is 8.14. The van der Waals surface area contributed by atoms with E-state index in [2.05, 4.69) is 15.9 Å². The minimum Gasteiger partial charge on any atom is -0.388 e. The van der Waals surface area contributed by atoms with Gasteiger partial charge in [0.2, 0.25) is 5.91 Å². The van der Waals surface area contributed by atoms with Gasteiger partial charge in [0.05, 0.1) is 6.10 Å². The van der Waals surface area contributed by atoms with Crippen LogP contribution in [0.25, 0.3) is 0 Å². The molecule has 2 rings (SSSR count). The number of carbonyl (C=O) groups excluding carboxylic acids is 1. The van der Waals surface area contributed by atoms with E-state index in [9.17, 15) is 20.1 Å². The molecule has 1 aliphatic heterocycles. The maximum atomic E-state index is 12.0. The molecule has 1 heterocycles. The lowest BCUT2D eigenvalue weighted by Gasteiger charge is -2.45. The van der Waals surface area contributed by atoms with Crippen LogP contribution >= 0.6 is 15.9 Å². The largest absolute Gasteiger partial charge is 0.388 e. The summed E-state index contributed by atoms with van der Waals surface area (Å²) in [5.41, 5.74) is 0.856. The van der Waals surface area contributed by atoms with Gasteiger partial charge >= 0.3 is 0 Å². The highest BCUT2D eigenvalue weighted by molar-refractivity contribution is 9.09. The summed E-state index contributed by atoms with van der Waals surface area (Å²) in [6, 6.07) is 8.20. The summed E-state index contributed by atoms with van der Waals surface area (Å²) in [5, 5.41) is 30.8. The van der Waals surface area contributed by atoms with E-state index in [1.807, 2.05) is 30.3 Å². The SMILES string of the molecule is CC(=O)N(Cc1ccccc1)[C@@H]1[C@@H](O)[C@H](O)[C@@H](CBr)O[C@@H]1O. The number of rotatable bonds is 4. The second kappa shape index (κ2) is 7.52. The molecule has 0 unspecified atom stereocenters. The van der Waals surface area contributed by atoms with Crippen LogP contribution in [0.1, 0.15) is 12.5 Å². The minimum absolute atomic E-state index is 0.212. The van der Waals surface area contributed by atoms with E-state index in [1.165, 1.54) is 11.8 Å². The lowest BCUT2D eigenvalue weighted by Crippen LogP contribution is -2.64. The molecule has 1 aliphatic rings. The fraction of sp³-hybridized carbons (Fsp3) is 0.533. The lowest BCUT2D eigenvalue weighted by molar-refractivity contribution is -0.260. The van der Waals surface area contributed by atoms with Crippen LogP contribution in [0.15, 0.2) is 30.3 Å². The highest BCUT2D eigenvalue weighted by atomic mass is 79.9. The Balaban J connectivity index is 2.22. The van der Waals surface area contributed by atoms with Gasteiger partial charge in [-0.1, -0.05) is 46.3 Å². The molecule has 3 N–H and O–H groups in total. The summed E-state index contributed by atoms with van der Waals surface area (Å²) in [5.74, 6) is -0.319. The van der Waals surface area contributed by atoms with E-state index in [1.54, 1.807) is 0 Å². The number of ether oxygens (including phenoxy) is 1. The molecule has 0 saturated carbocycles. The fourth-order valence-corrected chi connectivity index (χ4v) is 3.14. The summed E-state index contributed by atoms with van der Waals surface area (Å²) in [4.78, 5) is 13.3. The third kappa shape index (κ3) is 3.67. The van der Waals surface area contributed by atoms with Crippen molar-refractivity contribution in [2.24, 2.45) is 0 Å². The van der Waals surface area contributed by atoms with Gasteiger partial charge in [0.1, 0.15) is 18.2 Å². The van der Waals surface area contributed by atoms with Crippen molar-refractivity contribution in [1.82, 2.24) is 4.90 Å². The number of hydrogen-bond acceptors (Lipinski definition) is 5. The predicted octanol–water partition coefficient (Wildman–Crippen LogP) is 0.238. The zero-order chi connectivity index (χ0) is 16.3. The highest BCUT2D eigenvalue weighted by Gasteiger charge is 2.46. The van der Waals surface area contributed by atoms with Crippen molar-refractivity contribution in [2.75, 3.05) is 5.33 Å². The van der Waals surface area contributed by atoms with Crippen molar-refractivity contribution in [2.45, 2.75) is 44.1 Å². The quantitative estimate of drug-likeness (QED) is 0.657. The molecule has 5 atom stereocenters. The zero-order valence-electron chi connectivity index (χ0n) is 12.2. The maximum absolute atomic E-state index is 12.0. The number of hydrogen-bond donors (Lipinski definition) is 3. The zero-order valence-corrected chi connectivity index (χ0v) is 13.8. The Morgan fingerprint density at radius 3 is 2.41 bits per heavy atom. The molecule has 0 spiro atoms. The Kier molecular flexibility index (Phi) is 5.94. The van der Waals surface area contributed by atoms with Crippen LogP contribution in [0.4, 0.5) is 0 Å². The van der Waals surface area contributed by atoms with Crippen LogP contribution in [-0.2, 0) is 16.1 Å². The van der Waals surface area contributed by atoms with Gasteiger partial charge in [-0.15, -0.1) is 0 Å². The normalized spacial score (nSPS) is 31.8. The molecule has 0 radical (unpaired) electrons. The number of aliphatic hydroxyl groups excluding tert-OH is 3. The van der Waals surface area contributed by atoms with E-state index in [-0.39, 0.29) is 17.8 Å². The van der Waals surface area contributed by atoms with E-state index in [0.717, 1.165) is 5.56 Å². The van der Waals surface area contributed by atoms with Crippen molar-refractivity contribution >= 4 is 21.8 Å². The first-order chi connectivity index (χ1) is 10.5. The number of aliphatic hydroxyl groups is 3. The fourth-order valence-electron chi connectivity index (χ4n) is 2.60. The Morgan fingerprint density at radius 2 is 1.86 bits per heavy atom. The van der Waals surface area contributed by atoms with Gasteiger partial charge in [-0.25, -0.2) is 0 Å². The number of halogens is 1. The van der Waals surface area contributed by atoms with Crippen LogP contribution in [-0.4, -0.2) is 62.1 Å². The van der Waals surface area contributed by atoms with Gasteiger partial charge in [-0.2, -0.15) is 0 Å².